The maximum atomic E-state index is 13.4. The minimum atomic E-state index is -2.06. The normalized spacial score (nSPS) is 21.2. The lowest BCUT2D eigenvalue weighted by Gasteiger charge is -2.31. The van der Waals surface area contributed by atoms with Gasteiger partial charge in [-0.05, 0) is 18.2 Å². The van der Waals surface area contributed by atoms with E-state index < -0.39 is 28.6 Å². The average Bonchev–Trinajstić information content (AvgIpc) is 2.96. The summed E-state index contributed by atoms with van der Waals surface area (Å²) in [4.78, 5) is 40.2. The van der Waals surface area contributed by atoms with E-state index in [0.29, 0.717) is 42.0 Å². The standard InChI is InChI=1S/C21H20BrN3O6/c22-15-4-5-18-17(11-15)21(28,20(27)24(18)13-23-6-8-31-9-7-23)12-19(26)14-2-1-3-16(10-14)25(29)30/h1-5,10-11,28H,6-9,12-13H2/t21-/m1/s1. The molecule has 31 heavy (non-hydrogen) atoms. The molecule has 0 aliphatic carbocycles. The molecule has 2 aromatic rings. The number of hydrogen-bond donors (Lipinski definition) is 1. The molecule has 0 unspecified atom stereocenters. The van der Waals surface area contributed by atoms with Gasteiger partial charge in [0.1, 0.15) is 0 Å². The highest BCUT2D eigenvalue weighted by Crippen LogP contribution is 2.44. The van der Waals surface area contributed by atoms with Crippen LogP contribution in [0.5, 0.6) is 0 Å². The molecule has 4 rings (SSSR count). The summed E-state index contributed by atoms with van der Waals surface area (Å²) < 4.78 is 6.01. The molecule has 1 atom stereocenters. The first-order valence-electron chi connectivity index (χ1n) is 9.72. The smallest absolute Gasteiger partial charge is 0.270 e. The lowest BCUT2D eigenvalue weighted by atomic mass is 9.88. The van der Waals surface area contributed by atoms with Crippen LogP contribution in [-0.4, -0.2) is 59.6 Å². The molecular formula is C21H20BrN3O6. The molecule has 1 N–H and O–H groups in total. The minimum Gasteiger partial charge on any atom is -0.379 e. The third kappa shape index (κ3) is 4.11. The van der Waals surface area contributed by atoms with Crippen molar-refractivity contribution in [3.05, 3.63) is 68.2 Å². The van der Waals surface area contributed by atoms with Crippen molar-refractivity contribution >= 4 is 39.0 Å². The highest BCUT2D eigenvalue weighted by atomic mass is 79.9. The van der Waals surface area contributed by atoms with E-state index in [9.17, 15) is 24.8 Å². The van der Waals surface area contributed by atoms with Crippen LogP contribution >= 0.6 is 15.9 Å². The van der Waals surface area contributed by atoms with E-state index in [-0.39, 0.29) is 17.9 Å². The summed E-state index contributed by atoms with van der Waals surface area (Å²) in [5, 5.41) is 22.5. The van der Waals surface area contributed by atoms with Crippen molar-refractivity contribution in [2.75, 3.05) is 37.9 Å². The number of nitro groups is 1. The Kier molecular flexibility index (Phi) is 5.89. The Balaban J connectivity index is 1.65. The van der Waals surface area contributed by atoms with Crippen LogP contribution in [0.25, 0.3) is 0 Å². The van der Waals surface area contributed by atoms with Crippen LogP contribution in [0, 0.1) is 10.1 Å². The quantitative estimate of drug-likeness (QED) is 0.376. The summed E-state index contributed by atoms with van der Waals surface area (Å²) in [6, 6.07) is 10.4. The van der Waals surface area contributed by atoms with E-state index in [1.165, 1.54) is 23.1 Å². The molecule has 0 aromatic heterocycles. The zero-order valence-corrected chi connectivity index (χ0v) is 18.1. The predicted molar refractivity (Wildman–Crippen MR) is 115 cm³/mol. The first kappa shape index (κ1) is 21.6. The summed E-state index contributed by atoms with van der Waals surface area (Å²) in [7, 11) is 0. The summed E-state index contributed by atoms with van der Waals surface area (Å²) in [5.41, 5.74) is -1.35. The number of non-ortho nitro benzene ring substituents is 1. The van der Waals surface area contributed by atoms with Crippen LogP contribution in [-0.2, 0) is 15.1 Å². The van der Waals surface area contributed by atoms with Crippen molar-refractivity contribution in [3.63, 3.8) is 0 Å². The van der Waals surface area contributed by atoms with E-state index in [4.69, 9.17) is 4.74 Å². The molecule has 9 nitrogen and oxygen atoms in total. The molecule has 1 saturated heterocycles. The van der Waals surface area contributed by atoms with Gasteiger partial charge in [-0.2, -0.15) is 0 Å². The van der Waals surface area contributed by atoms with Crippen molar-refractivity contribution in [1.29, 1.82) is 0 Å². The van der Waals surface area contributed by atoms with E-state index in [1.807, 2.05) is 4.90 Å². The van der Waals surface area contributed by atoms with Crippen molar-refractivity contribution in [2.24, 2.45) is 0 Å². The monoisotopic (exact) mass is 489 g/mol. The number of ketones is 1. The molecule has 0 spiro atoms. The lowest BCUT2D eigenvalue weighted by molar-refractivity contribution is -0.384. The number of fused-ring (bicyclic) bond motifs is 1. The largest absolute Gasteiger partial charge is 0.379 e. The van der Waals surface area contributed by atoms with Gasteiger partial charge in [-0.3, -0.25) is 29.5 Å². The highest BCUT2D eigenvalue weighted by Gasteiger charge is 2.51. The fraction of sp³-hybridized carbons (Fsp3) is 0.333. The second kappa shape index (κ2) is 8.46. The van der Waals surface area contributed by atoms with Crippen LogP contribution < -0.4 is 4.90 Å². The number of nitrogens with zero attached hydrogens (tertiary/aromatic N) is 3. The van der Waals surface area contributed by atoms with Crippen LogP contribution in [0.4, 0.5) is 11.4 Å². The number of amides is 1. The molecule has 2 aliphatic rings. The summed E-state index contributed by atoms with van der Waals surface area (Å²) >= 11 is 3.36. The number of Topliss-reactive ketones (excluding diaryl/α,β-unsaturated/α-hetero) is 1. The number of carbonyl (C=O) groups excluding carboxylic acids is 2. The predicted octanol–water partition coefficient (Wildman–Crippen LogP) is 2.45. The van der Waals surface area contributed by atoms with Gasteiger partial charge in [0.25, 0.3) is 11.6 Å². The number of halogens is 1. The number of nitro benzene ring substituents is 1. The van der Waals surface area contributed by atoms with Gasteiger partial charge < -0.3 is 9.84 Å². The zero-order chi connectivity index (χ0) is 22.2. The summed E-state index contributed by atoms with van der Waals surface area (Å²) in [5.74, 6) is -1.15. The van der Waals surface area contributed by atoms with E-state index in [1.54, 1.807) is 18.2 Å². The van der Waals surface area contributed by atoms with Crippen molar-refractivity contribution < 1.29 is 24.4 Å². The van der Waals surface area contributed by atoms with E-state index in [2.05, 4.69) is 15.9 Å². The molecule has 2 aromatic carbocycles. The Morgan fingerprint density at radius 1 is 1.23 bits per heavy atom. The Labute approximate surface area is 186 Å². The molecule has 162 valence electrons. The number of hydrogen-bond acceptors (Lipinski definition) is 7. The Hall–Kier alpha value is -2.66. The molecule has 0 radical (unpaired) electrons. The number of anilines is 1. The van der Waals surface area contributed by atoms with Gasteiger partial charge in [-0.1, -0.05) is 28.1 Å². The maximum absolute atomic E-state index is 13.4. The van der Waals surface area contributed by atoms with Gasteiger partial charge >= 0.3 is 0 Å². The number of carbonyl (C=O) groups is 2. The molecule has 0 bridgehead atoms. The van der Waals surface area contributed by atoms with Crippen LogP contribution in [0.2, 0.25) is 0 Å². The number of benzene rings is 2. The second-order valence-electron chi connectivity index (χ2n) is 7.53. The molecule has 1 amide bonds. The van der Waals surface area contributed by atoms with Gasteiger partial charge in [-0.25, -0.2) is 0 Å². The van der Waals surface area contributed by atoms with Crippen LogP contribution in [0.15, 0.2) is 46.9 Å². The van der Waals surface area contributed by atoms with E-state index >= 15 is 0 Å². The first-order valence-corrected chi connectivity index (χ1v) is 10.5. The zero-order valence-electron chi connectivity index (χ0n) is 16.5. The highest BCUT2D eigenvalue weighted by molar-refractivity contribution is 9.10. The van der Waals surface area contributed by atoms with Crippen molar-refractivity contribution in [1.82, 2.24) is 4.90 Å². The van der Waals surface area contributed by atoms with Crippen molar-refractivity contribution in [3.8, 4) is 0 Å². The van der Waals surface area contributed by atoms with E-state index in [0.717, 1.165) is 6.07 Å². The molecule has 2 heterocycles. The molecule has 1 fully saturated rings. The number of ether oxygens (including phenoxy) is 1. The molecular weight excluding hydrogens is 470 g/mol. The number of rotatable bonds is 6. The van der Waals surface area contributed by atoms with Gasteiger partial charge in [0, 0.05) is 40.8 Å². The molecule has 10 heteroatoms. The summed E-state index contributed by atoms with van der Waals surface area (Å²) in [6.07, 6.45) is -0.518. The van der Waals surface area contributed by atoms with Crippen LogP contribution in [0.3, 0.4) is 0 Å². The molecule has 0 saturated carbocycles. The SMILES string of the molecule is O=C(C[C@]1(O)C(=O)N(CN2CCOCC2)c2ccc(Br)cc21)c1cccc([N+](=O)[O-])c1. The maximum Gasteiger partial charge on any atom is 0.270 e. The second-order valence-corrected chi connectivity index (χ2v) is 8.45. The lowest BCUT2D eigenvalue weighted by Crippen LogP contribution is -2.49. The fourth-order valence-corrected chi connectivity index (χ4v) is 4.27. The Morgan fingerprint density at radius 2 is 1.97 bits per heavy atom. The Morgan fingerprint density at radius 3 is 2.68 bits per heavy atom. The Bertz CT molecular complexity index is 1060. The third-order valence-corrected chi connectivity index (χ3v) is 6.03. The third-order valence-electron chi connectivity index (χ3n) is 5.53. The van der Waals surface area contributed by atoms with Crippen molar-refractivity contribution in [2.45, 2.75) is 12.0 Å². The average molecular weight is 490 g/mol. The van der Waals surface area contributed by atoms with Gasteiger partial charge in [0.15, 0.2) is 11.4 Å². The minimum absolute atomic E-state index is 0.0681. The van der Waals surface area contributed by atoms with Gasteiger partial charge in [0.2, 0.25) is 0 Å². The number of morpholine rings is 1. The summed E-state index contributed by atoms with van der Waals surface area (Å²) in [6.45, 7) is 2.70. The van der Waals surface area contributed by atoms with Gasteiger partial charge in [0.05, 0.1) is 36.9 Å². The fourth-order valence-electron chi connectivity index (χ4n) is 3.90. The van der Waals surface area contributed by atoms with Gasteiger partial charge in [-0.15, -0.1) is 0 Å². The topological polar surface area (TPSA) is 113 Å². The van der Waals surface area contributed by atoms with Crippen LogP contribution in [0.1, 0.15) is 22.3 Å². The number of aliphatic hydroxyl groups is 1. The molecule has 2 aliphatic heterocycles. The first-order chi connectivity index (χ1) is 14.8.